The molecule has 1 aromatic carbocycles. The van der Waals surface area contributed by atoms with Gasteiger partial charge in [-0.3, -0.25) is 9.78 Å². The molecule has 0 bridgehead atoms. The van der Waals surface area contributed by atoms with E-state index in [1.165, 1.54) is 6.07 Å². The lowest BCUT2D eigenvalue weighted by atomic mass is 9.98. The number of carbonyl (C=O) groups excluding carboxylic acids is 1. The molecule has 0 fully saturated rings. The SMILES string of the molecule is NC(=O)c1c(CCc2ccccc2)ccnc1C(F)(F)F. The molecule has 2 rings (SSSR count). The lowest BCUT2D eigenvalue weighted by Crippen LogP contribution is -2.22. The highest BCUT2D eigenvalue weighted by Crippen LogP contribution is 2.31. The van der Waals surface area contributed by atoms with Crippen molar-refractivity contribution in [3.05, 3.63) is 65.0 Å². The number of amides is 1. The van der Waals surface area contributed by atoms with Crippen molar-refractivity contribution in [1.82, 2.24) is 4.98 Å². The number of aryl methyl sites for hydroxylation is 2. The highest BCUT2D eigenvalue weighted by atomic mass is 19.4. The Morgan fingerprint density at radius 2 is 1.76 bits per heavy atom. The van der Waals surface area contributed by atoms with Gasteiger partial charge in [-0.25, -0.2) is 0 Å². The predicted octanol–water partition coefficient (Wildman–Crippen LogP) is 2.98. The molecule has 0 radical (unpaired) electrons. The van der Waals surface area contributed by atoms with Crippen molar-refractivity contribution in [3.63, 3.8) is 0 Å². The predicted molar refractivity (Wildman–Crippen MR) is 71.6 cm³/mol. The second-order valence-corrected chi connectivity index (χ2v) is 4.54. The molecule has 6 heteroatoms. The van der Waals surface area contributed by atoms with Crippen molar-refractivity contribution in [3.8, 4) is 0 Å². The largest absolute Gasteiger partial charge is 0.434 e. The Morgan fingerprint density at radius 1 is 1.10 bits per heavy atom. The van der Waals surface area contributed by atoms with Gasteiger partial charge in [-0.1, -0.05) is 30.3 Å². The van der Waals surface area contributed by atoms with Crippen LogP contribution in [0.4, 0.5) is 13.2 Å². The van der Waals surface area contributed by atoms with Crippen molar-refractivity contribution < 1.29 is 18.0 Å². The van der Waals surface area contributed by atoms with Crippen LogP contribution in [-0.2, 0) is 19.0 Å². The molecule has 0 atom stereocenters. The Labute approximate surface area is 119 Å². The summed E-state index contributed by atoms with van der Waals surface area (Å²) in [6.07, 6.45) is -2.85. The van der Waals surface area contributed by atoms with E-state index in [9.17, 15) is 18.0 Å². The summed E-state index contributed by atoms with van der Waals surface area (Å²) in [4.78, 5) is 14.6. The molecule has 21 heavy (non-hydrogen) atoms. The van der Waals surface area contributed by atoms with E-state index in [0.29, 0.717) is 6.42 Å². The number of hydrogen-bond donors (Lipinski definition) is 1. The number of rotatable bonds is 4. The summed E-state index contributed by atoms with van der Waals surface area (Å²) in [5.74, 6) is -1.11. The summed E-state index contributed by atoms with van der Waals surface area (Å²) in [5, 5.41) is 0. The Morgan fingerprint density at radius 3 is 2.33 bits per heavy atom. The van der Waals surface area contributed by atoms with E-state index in [1.807, 2.05) is 30.3 Å². The molecule has 1 amide bonds. The number of halogens is 3. The first-order valence-corrected chi connectivity index (χ1v) is 6.28. The number of alkyl halides is 3. The number of pyridine rings is 1. The van der Waals surface area contributed by atoms with Crippen molar-refractivity contribution in [2.75, 3.05) is 0 Å². The van der Waals surface area contributed by atoms with Gasteiger partial charge in [0.2, 0.25) is 0 Å². The van der Waals surface area contributed by atoms with E-state index in [0.717, 1.165) is 11.8 Å². The number of aromatic nitrogens is 1. The summed E-state index contributed by atoms with van der Waals surface area (Å²) in [6.45, 7) is 0. The van der Waals surface area contributed by atoms with E-state index < -0.39 is 23.3 Å². The van der Waals surface area contributed by atoms with Crippen LogP contribution in [0.5, 0.6) is 0 Å². The average molecular weight is 294 g/mol. The zero-order valence-electron chi connectivity index (χ0n) is 11.0. The standard InChI is InChI=1S/C15H13F3N2O/c16-15(17,18)13-12(14(19)21)11(8-9-20-13)7-6-10-4-2-1-3-5-10/h1-5,8-9H,6-7H2,(H2,19,21). The fraction of sp³-hybridized carbons (Fsp3) is 0.200. The van der Waals surface area contributed by atoms with Crippen LogP contribution in [0.15, 0.2) is 42.6 Å². The zero-order chi connectivity index (χ0) is 15.5. The maximum absolute atomic E-state index is 12.9. The molecule has 110 valence electrons. The number of hydrogen-bond acceptors (Lipinski definition) is 2. The van der Waals surface area contributed by atoms with Crippen LogP contribution in [0.1, 0.15) is 27.2 Å². The molecule has 2 aromatic rings. The monoisotopic (exact) mass is 294 g/mol. The van der Waals surface area contributed by atoms with Crippen molar-refractivity contribution in [2.45, 2.75) is 19.0 Å². The Kier molecular flexibility index (Phi) is 4.26. The Hall–Kier alpha value is -2.37. The topological polar surface area (TPSA) is 56.0 Å². The number of nitrogens with zero attached hydrogens (tertiary/aromatic N) is 1. The zero-order valence-corrected chi connectivity index (χ0v) is 11.0. The molecular formula is C15H13F3N2O. The number of benzene rings is 1. The Balaban J connectivity index is 2.33. The maximum Gasteiger partial charge on any atom is 0.434 e. The molecule has 2 N–H and O–H groups in total. The first-order chi connectivity index (χ1) is 9.89. The van der Waals surface area contributed by atoms with Crippen LogP contribution in [0, 0.1) is 0 Å². The summed E-state index contributed by atoms with van der Waals surface area (Å²) in [6, 6.07) is 10.7. The lowest BCUT2D eigenvalue weighted by molar-refractivity contribution is -0.141. The van der Waals surface area contributed by atoms with Gasteiger partial charge in [0.15, 0.2) is 5.69 Å². The second-order valence-electron chi connectivity index (χ2n) is 4.54. The fourth-order valence-electron chi connectivity index (χ4n) is 2.12. The third-order valence-corrected chi connectivity index (χ3v) is 3.08. The molecule has 0 saturated heterocycles. The normalized spacial score (nSPS) is 11.4. The molecule has 0 aliphatic rings. The molecule has 0 aliphatic carbocycles. The molecule has 0 spiro atoms. The Bertz CT molecular complexity index is 639. The van der Waals surface area contributed by atoms with Crippen molar-refractivity contribution in [1.29, 1.82) is 0 Å². The number of carbonyl (C=O) groups is 1. The minimum atomic E-state index is -4.70. The van der Waals surface area contributed by atoms with Gasteiger partial charge in [-0.15, -0.1) is 0 Å². The van der Waals surface area contributed by atoms with Gasteiger partial charge in [0.05, 0.1) is 5.56 Å². The van der Waals surface area contributed by atoms with E-state index in [-0.39, 0.29) is 12.0 Å². The number of nitrogens with two attached hydrogens (primary N) is 1. The molecule has 0 aliphatic heterocycles. The van der Waals surface area contributed by atoms with E-state index in [4.69, 9.17) is 5.73 Å². The van der Waals surface area contributed by atoms with Gasteiger partial charge in [0.25, 0.3) is 5.91 Å². The van der Waals surface area contributed by atoms with Gasteiger partial charge in [0.1, 0.15) is 0 Å². The third-order valence-electron chi connectivity index (χ3n) is 3.08. The quantitative estimate of drug-likeness (QED) is 0.942. The van der Waals surface area contributed by atoms with E-state index in [1.54, 1.807) is 0 Å². The van der Waals surface area contributed by atoms with Crippen molar-refractivity contribution in [2.24, 2.45) is 5.73 Å². The molecular weight excluding hydrogens is 281 g/mol. The lowest BCUT2D eigenvalue weighted by Gasteiger charge is -2.13. The van der Waals surface area contributed by atoms with Gasteiger partial charge < -0.3 is 5.73 Å². The van der Waals surface area contributed by atoms with Crippen LogP contribution >= 0.6 is 0 Å². The maximum atomic E-state index is 12.9. The second kappa shape index (κ2) is 5.95. The van der Waals surface area contributed by atoms with Crippen LogP contribution in [0.25, 0.3) is 0 Å². The summed E-state index contributed by atoms with van der Waals surface area (Å²) < 4.78 is 38.6. The highest BCUT2D eigenvalue weighted by Gasteiger charge is 2.37. The molecule has 1 aromatic heterocycles. The van der Waals surface area contributed by atoms with E-state index >= 15 is 0 Å². The molecule has 1 heterocycles. The van der Waals surface area contributed by atoms with E-state index in [2.05, 4.69) is 4.98 Å². The average Bonchev–Trinajstić information content (AvgIpc) is 2.44. The number of primary amides is 1. The molecule has 0 unspecified atom stereocenters. The van der Waals surface area contributed by atoms with Crippen LogP contribution < -0.4 is 5.73 Å². The van der Waals surface area contributed by atoms with Crippen LogP contribution in [0.2, 0.25) is 0 Å². The first-order valence-electron chi connectivity index (χ1n) is 6.28. The molecule has 0 saturated carbocycles. The summed E-state index contributed by atoms with van der Waals surface area (Å²) in [5.41, 5.74) is 4.57. The fourth-order valence-corrected chi connectivity index (χ4v) is 2.12. The minimum Gasteiger partial charge on any atom is -0.366 e. The van der Waals surface area contributed by atoms with Gasteiger partial charge in [0, 0.05) is 6.20 Å². The van der Waals surface area contributed by atoms with Crippen LogP contribution in [0.3, 0.4) is 0 Å². The van der Waals surface area contributed by atoms with Gasteiger partial charge in [-0.05, 0) is 30.0 Å². The third kappa shape index (κ3) is 3.59. The smallest absolute Gasteiger partial charge is 0.366 e. The highest BCUT2D eigenvalue weighted by molar-refractivity contribution is 5.95. The van der Waals surface area contributed by atoms with Gasteiger partial charge >= 0.3 is 6.18 Å². The minimum absolute atomic E-state index is 0.258. The summed E-state index contributed by atoms with van der Waals surface area (Å²) in [7, 11) is 0. The van der Waals surface area contributed by atoms with Gasteiger partial charge in [-0.2, -0.15) is 13.2 Å². The van der Waals surface area contributed by atoms with Crippen LogP contribution in [-0.4, -0.2) is 10.9 Å². The van der Waals surface area contributed by atoms with Crippen molar-refractivity contribution >= 4 is 5.91 Å². The summed E-state index contributed by atoms with van der Waals surface area (Å²) >= 11 is 0. The molecule has 3 nitrogen and oxygen atoms in total. The first kappa shape index (κ1) is 15.0.